The number of nitrogens with zero attached hydrogens (tertiary/aromatic N) is 3. The first-order chi connectivity index (χ1) is 18.8. The molecule has 194 valence electrons. The SMILES string of the molecule is COC(=O)c1c(C(=O)C(=O)Nc2ccc(C)cc2)c(-c2ccc(Br)cc2)nc2c1c(C)nn2-c1ccccc1. The standard InChI is InChI=1S/C30H23BrN4O4/c1-17-9-15-21(16-10-17)32-29(37)27(36)25-24(30(38)39-3)23-18(2)34-35(22-7-5-4-6-8-22)28(23)33-26(25)19-11-13-20(31)14-12-19/h4-16H,1-3H3,(H,32,37). The molecule has 0 spiro atoms. The van der Waals surface area contributed by atoms with E-state index in [1.165, 1.54) is 7.11 Å². The molecule has 0 aliphatic heterocycles. The lowest BCUT2D eigenvalue weighted by atomic mass is 9.94. The van der Waals surface area contributed by atoms with Crippen LogP contribution in [0.15, 0.2) is 83.3 Å². The van der Waals surface area contributed by atoms with Gasteiger partial charge in [0, 0.05) is 15.7 Å². The number of aromatic nitrogens is 3. The number of rotatable bonds is 6. The van der Waals surface area contributed by atoms with Gasteiger partial charge in [-0.15, -0.1) is 0 Å². The van der Waals surface area contributed by atoms with Crippen molar-refractivity contribution in [1.82, 2.24) is 14.8 Å². The number of amides is 1. The van der Waals surface area contributed by atoms with Gasteiger partial charge in [-0.25, -0.2) is 14.5 Å². The number of carbonyl (C=O) groups is 3. The van der Waals surface area contributed by atoms with Crippen molar-refractivity contribution in [2.24, 2.45) is 0 Å². The molecule has 0 aliphatic rings. The number of carbonyl (C=O) groups excluding carboxylic acids is 3. The number of ketones is 1. The molecule has 8 nitrogen and oxygen atoms in total. The van der Waals surface area contributed by atoms with Crippen LogP contribution in [-0.4, -0.2) is 39.5 Å². The number of esters is 1. The quantitative estimate of drug-likeness (QED) is 0.148. The van der Waals surface area contributed by atoms with Crippen LogP contribution in [0, 0.1) is 13.8 Å². The molecule has 0 aliphatic carbocycles. The molecule has 0 saturated carbocycles. The molecule has 5 rings (SSSR count). The predicted molar refractivity (Wildman–Crippen MR) is 152 cm³/mol. The number of ether oxygens (including phenoxy) is 1. The van der Waals surface area contributed by atoms with Crippen LogP contribution < -0.4 is 5.32 Å². The Hall–Kier alpha value is -4.63. The largest absolute Gasteiger partial charge is 0.465 e. The van der Waals surface area contributed by atoms with Crippen LogP contribution in [0.2, 0.25) is 0 Å². The zero-order valence-corrected chi connectivity index (χ0v) is 22.9. The number of hydrogen-bond donors (Lipinski definition) is 1. The summed E-state index contributed by atoms with van der Waals surface area (Å²) in [7, 11) is 1.23. The predicted octanol–water partition coefficient (Wildman–Crippen LogP) is 6.07. The number of Topliss-reactive ketones (excluding diaryl/α,β-unsaturated/α-hetero) is 1. The Morgan fingerprint density at radius 3 is 2.18 bits per heavy atom. The Kier molecular flexibility index (Phi) is 7.08. The lowest BCUT2D eigenvalue weighted by Gasteiger charge is -2.15. The van der Waals surface area contributed by atoms with E-state index < -0.39 is 17.7 Å². The molecular weight excluding hydrogens is 560 g/mol. The number of para-hydroxylation sites is 1. The highest BCUT2D eigenvalue weighted by Gasteiger charge is 2.33. The van der Waals surface area contributed by atoms with Crippen molar-refractivity contribution in [3.8, 4) is 16.9 Å². The summed E-state index contributed by atoms with van der Waals surface area (Å²) in [6, 6.07) is 23.5. The number of halogens is 1. The highest BCUT2D eigenvalue weighted by Crippen LogP contribution is 2.34. The normalized spacial score (nSPS) is 10.9. The maximum Gasteiger partial charge on any atom is 0.339 e. The fourth-order valence-electron chi connectivity index (χ4n) is 4.35. The second-order valence-corrected chi connectivity index (χ2v) is 9.81. The van der Waals surface area contributed by atoms with E-state index in [9.17, 15) is 14.4 Å². The van der Waals surface area contributed by atoms with Gasteiger partial charge in [0.2, 0.25) is 0 Å². The molecule has 0 unspecified atom stereocenters. The highest BCUT2D eigenvalue weighted by atomic mass is 79.9. The fraction of sp³-hybridized carbons (Fsp3) is 0.100. The summed E-state index contributed by atoms with van der Waals surface area (Å²) >= 11 is 3.43. The first-order valence-electron chi connectivity index (χ1n) is 12.0. The van der Waals surface area contributed by atoms with Crippen LogP contribution in [0.5, 0.6) is 0 Å². The van der Waals surface area contributed by atoms with Crippen LogP contribution in [-0.2, 0) is 9.53 Å². The molecule has 1 N–H and O–H groups in total. The minimum absolute atomic E-state index is 0.0656. The van der Waals surface area contributed by atoms with E-state index in [0.717, 1.165) is 15.7 Å². The third-order valence-electron chi connectivity index (χ3n) is 6.24. The molecule has 1 amide bonds. The van der Waals surface area contributed by atoms with E-state index in [4.69, 9.17) is 9.72 Å². The lowest BCUT2D eigenvalue weighted by molar-refractivity contribution is -0.112. The van der Waals surface area contributed by atoms with Crippen molar-refractivity contribution in [2.75, 3.05) is 12.4 Å². The number of methoxy groups -OCH3 is 1. The van der Waals surface area contributed by atoms with Crippen LogP contribution >= 0.6 is 15.9 Å². The summed E-state index contributed by atoms with van der Waals surface area (Å²) in [5.41, 5.74) is 3.46. The monoisotopic (exact) mass is 582 g/mol. The third-order valence-corrected chi connectivity index (χ3v) is 6.77. The van der Waals surface area contributed by atoms with E-state index in [-0.39, 0.29) is 16.8 Å². The van der Waals surface area contributed by atoms with Gasteiger partial charge in [-0.05, 0) is 50.2 Å². The Morgan fingerprint density at radius 2 is 1.54 bits per heavy atom. The zero-order chi connectivity index (χ0) is 27.7. The maximum absolute atomic E-state index is 13.9. The van der Waals surface area contributed by atoms with Crippen molar-refractivity contribution in [3.63, 3.8) is 0 Å². The van der Waals surface area contributed by atoms with Gasteiger partial charge in [0.1, 0.15) is 0 Å². The Morgan fingerprint density at radius 1 is 0.872 bits per heavy atom. The molecular formula is C30H23BrN4O4. The van der Waals surface area contributed by atoms with Crippen LogP contribution in [0.4, 0.5) is 5.69 Å². The van der Waals surface area contributed by atoms with Crippen LogP contribution in [0.25, 0.3) is 28.0 Å². The van der Waals surface area contributed by atoms with E-state index in [2.05, 4.69) is 26.3 Å². The van der Waals surface area contributed by atoms with Crippen LogP contribution in [0.1, 0.15) is 32.0 Å². The second-order valence-electron chi connectivity index (χ2n) is 8.89. The fourth-order valence-corrected chi connectivity index (χ4v) is 4.61. The lowest BCUT2D eigenvalue weighted by Crippen LogP contribution is -2.26. The van der Waals surface area contributed by atoms with Crippen molar-refractivity contribution >= 4 is 50.3 Å². The van der Waals surface area contributed by atoms with Crippen molar-refractivity contribution in [2.45, 2.75) is 13.8 Å². The van der Waals surface area contributed by atoms with Gasteiger partial charge in [-0.1, -0.05) is 64.0 Å². The molecule has 0 atom stereocenters. The average Bonchev–Trinajstić information content (AvgIpc) is 3.29. The number of fused-ring (bicyclic) bond motifs is 1. The van der Waals surface area contributed by atoms with Gasteiger partial charge < -0.3 is 10.1 Å². The van der Waals surface area contributed by atoms with E-state index in [1.807, 2.05) is 49.4 Å². The number of benzene rings is 3. The molecule has 9 heteroatoms. The van der Waals surface area contributed by atoms with Gasteiger partial charge in [0.15, 0.2) is 5.65 Å². The number of anilines is 1. The Labute approximate surface area is 232 Å². The van der Waals surface area contributed by atoms with Crippen molar-refractivity contribution in [3.05, 3.63) is 106 Å². The zero-order valence-electron chi connectivity index (χ0n) is 21.4. The molecule has 0 bridgehead atoms. The number of nitrogens with one attached hydrogen (secondary N) is 1. The van der Waals surface area contributed by atoms with E-state index >= 15 is 0 Å². The molecule has 3 aromatic carbocycles. The molecule has 5 aromatic rings. The summed E-state index contributed by atoms with van der Waals surface area (Å²) in [5, 5.41) is 7.60. The van der Waals surface area contributed by atoms with E-state index in [0.29, 0.717) is 28.0 Å². The van der Waals surface area contributed by atoms with Gasteiger partial charge in [0.25, 0.3) is 11.7 Å². The molecule has 2 aromatic heterocycles. The molecule has 0 radical (unpaired) electrons. The van der Waals surface area contributed by atoms with Crippen molar-refractivity contribution in [1.29, 1.82) is 0 Å². The Bertz CT molecular complexity index is 1730. The van der Waals surface area contributed by atoms with Gasteiger partial charge in [-0.3, -0.25) is 9.59 Å². The van der Waals surface area contributed by atoms with Gasteiger partial charge >= 0.3 is 5.97 Å². The summed E-state index contributed by atoms with van der Waals surface area (Å²) in [4.78, 5) is 45.3. The molecule has 2 heterocycles. The second kappa shape index (κ2) is 10.6. The van der Waals surface area contributed by atoms with Gasteiger partial charge in [0.05, 0.1) is 40.7 Å². The third kappa shape index (κ3) is 4.96. The van der Waals surface area contributed by atoms with Crippen molar-refractivity contribution < 1.29 is 19.1 Å². The topological polar surface area (TPSA) is 103 Å². The minimum Gasteiger partial charge on any atom is -0.465 e. The van der Waals surface area contributed by atoms with E-state index in [1.54, 1.807) is 48.0 Å². The summed E-state index contributed by atoms with van der Waals surface area (Å²) < 4.78 is 7.56. The highest BCUT2D eigenvalue weighted by molar-refractivity contribution is 9.10. The summed E-state index contributed by atoms with van der Waals surface area (Å²) in [5.74, 6) is -2.60. The Balaban J connectivity index is 1.80. The summed E-state index contributed by atoms with van der Waals surface area (Å²) in [6.07, 6.45) is 0. The number of hydrogen-bond acceptors (Lipinski definition) is 6. The number of pyridine rings is 1. The number of aryl methyl sites for hydroxylation is 2. The van der Waals surface area contributed by atoms with Gasteiger partial charge in [-0.2, -0.15) is 5.10 Å². The average molecular weight is 583 g/mol. The van der Waals surface area contributed by atoms with Crippen LogP contribution in [0.3, 0.4) is 0 Å². The maximum atomic E-state index is 13.9. The first kappa shape index (κ1) is 26.0. The first-order valence-corrected chi connectivity index (χ1v) is 12.8. The summed E-state index contributed by atoms with van der Waals surface area (Å²) in [6.45, 7) is 3.64. The molecule has 0 saturated heterocycles. The molecule has 0 fully saturated rings. The minimum atomic E-state index is -0.921. The smallest absolute Gasteiger partial charge is 0.339 e. The molecule has 39 heavy (non-hydrogen) atoms.